The van der Waals surface area contributed by atoms with Crippen LogP contribution in [0.4, 0.5) is 0 Å². The first-order valence-electron chi connectivity index (χ1n) is 6.90. The third kappa shape index (κ3) is 4.26. The van der Waals surface area contributed by atoms with E-state index in [2.05, 4.69) is 0 Å². The lowest BCUT2D eigenvalue weighted by Gasteiger charge is -2.27. The van der Waals surface area contributed by atoms with Crippen LogP contribution in [-0.4, -0.2) is 47.7 Å². The Hall–Kier alpha value is -1.44. The van der Waals surface area contributed by atoms with E-state index in [-0.39, 0.29) is 19.0 Å². The molecule has 0 atom stereocenters. The van der Waals surface area contributed by atoms with Crippen molar-refractivity contribution in [3.8, 4) is 0 Å². The van der Waals surface area contributed by atoms with Crippen LogP contribution in [0.15, 0.2) is 30.3 Å². The molecule has 1 aliphatic rings. The van der Waals surface area contributed by atoms with E-state index in [4.69, 9.17) is 5.11 Å². The zero-order valence-corrected chi connectivity index (χ0v) is 12.8. The molecule has 1 fully saturated rings. The summed E-state index contributed by atoms with van der Waals surface area (Å²) in [6.45, 7) is 0.306. The van der Waals surface area contributed by atoms with E-state index in [1.165, 1.54) is 11.4 Å². The van der Waals surface area contributed by atoms with Gasteiger partial charge in [0.15, 0.2) is 0 Å². The number of aliphatic carboxylic acids is 1. The predicted octanol–water partition coefficient (Wildman–Crippen LogP) is 1.30. The standard InChI is InChI=1S/C14H20N2O4S/c1-15(10-9-14(17)18)21(19,20)16(13-7-8-13)11-12-5-3-2-4-6-12/h2-6,13H,7-11H2,1H3,(H,17,18). The number of carbonyl (C=O) groups is 1. The summed E-state index contributed by atoms with van der Waals surface area (Å²) >= 11 is 0. The van der Waals surface area contributed by atoms with Gasteiger partial charge in [-0.25, -0.2) is 0 Å². The van der Waals surface area contributed by atoms with Gasteiger partial charge in [0, 0.05) is 26.2 Å². The molecule has 0 heterocycles. The molecule has 0 spiro atoms. The van der Waals surface area contributed by atoms with Gasteiger partial charge in [-0.1, -0.05) is 30.3 Å². The van der Waals surface area contributed by atoms with Crippen LogP contribution in [0.2, 0.25) is 0 Å². The maximum atomic E-state index is 12.6. The summed E-state index contributed by atoms with van der Waals surface area (Å²) in [7, 11) is -2.20. The van der Waals surface area contributed by atoms with Crippen molar-refractivity contribution >= 4 is 16.2 Å². The van der Waals surface area contributed by atoms with Crippen molar-refractivity contribution in [2.24, 2.45) is 0 Å². The van der Waals surface area contributed by atoms with Crippen LogP contribution in [-0.2, 0) is 21.5 Å². The molecule has 0 saturated heterocycles. The van der Waals surface area contributed by atoms with Gasteiger partial charge >= 0.3 is 5.97 Å². The van der Waals surface area contributed by atoms with E-state index in [1.807, 2.05) is 30.3 Å². The lowest BCUT2D eigenvalue weighted by Crippen LogP contribution is -2.43. The lowest BCUT2D eigenvalue weighted by molar-refractivity contribution is -0.137. The summed E-state index contributed by atoms with van der Waals surface area (Å²) in [5.74, 6) is -1.00. The molecular weight excluding hydrogens is 292 g/mol. The first-order chi connectivity index (χ1) is 9.91. The molecule has 1 saturated carbocycles. The van der Waals surface area contributed by atoms with Gasteiger partial charge in [-0.15, -0.1) is 0 Å². The van der Waals surface area contributed by atoms with Gasteiger partial charge in [-0.3, -0.25) is 4.79 Å². The molecule has 21 heavy (non-hydrogen) atoms. The maximum Gasteiger partial charge on any atom is 0.304 e. The molecule has 0 bridgehead atoms. The number of hydrogen-bond acceptors (Lipinski definition) is 3. The molecule has 1 aromatic carbocycles. The van der Waals surface area contributed by atoms with Crippen LogP contribution in [0.3, 0.4) is 0 Å². The Morgan fingerprint density at radius 1 is 1.29 bits per heavy atom. The van der Waals surface area contributed by atoms with Crippen molar-refractivity contribution in [3.05, 3.63) is 35.9 Å². The van der Waals surface area contributed by atoms with Gasteiger partial charge in [-0.2, -0.15) is 17.0 Å². The summed E-state index contributed by atoms with van der Waals surface area (Å²) in [6.07, 6.45) is 1.53. The highest BCUT2D eigenvalue weighted by atomic mass is 32.2. The van der Waals surface area contributed by atoms with E-state index < -0.39 is 16.2 Å². The van der Waals surface area contributed by atoms with Gasteiger partial charge in [0.05, 0.1) is 6.42 Å². The predicted molar refractivity (Wildman–Crippen MR) is 78.8 cm³/mol. The van der Waals surface area contributed by atoms with Crippen molar-refractivity contribution in [2.45, 2.75) is 31.8 Å². The zero-order chi connectivity index (χ0) is 15.5. The second kappa shape index (κ2) is 6.55. The fourth-order valence-electron chi connectivity index (χ4n) is 2.07. The van der Waals surface area contributed by atoms with Crippen LogP contribution in [0, 0.1) is 0 Å². The smallest absolute Gasteiger partial charge is 0.304 e. The van der Waals surface area contributed by atoms with Gasteiger partial charge in [-0.05, 0) is 18.4 Å². The Kier molecular flexibility index (Phi) is 4.97. The monoisotopic (exact) mass is 312 g/mol. The van der Waals surface area contributed by atoms with E-state index in [0.29, 0.717) is 6.54 Å². The lowest BCUT2D eigenvalue weighted by atomic mass is 10.2. The molecule has 0 amide bonds. The maximum absolute atomic E-state index is 12.6. The van der Waals surface area contributed by atoms with Gasteiger partial charge in [0.25, 0.3) is 10.2 Å². The Balaban J connectivity index is 2.11. The Morgan fingerprint density at radius 3 is 2.43 bits per heavy atom. The SMILES string of the molecule is CN(CCC(=O)O)S(=O)(=O)N(Cc1ccccc1)C1CC1. The van der Waals surface area contributed by atoms with E-state index >= 15 is 0 Å². The fourth-order valence-corrected chi connectivity index (χ4v) is 3.65. The molecule has 0 radical (unpaired) electrons. The summed E-state index contributed by atoms with van der Waals surface area (Å²) in [6, 6.07) is 9.45. The van der Waals surface area contributed by atoms with E-state index in [0.717, 1.165) is 22.7 Å². The molecule has 0 unspecified atom stereocenters. The fraction of sp³-hybridized carbons (Fsp3) is 0.500. The average molecular weight is 312 g/mol. The third-order valence-electron chi connectivity index (χ3n) is 3.47. The molecule has 116 valence electrons. The topological polar surface area (TPSA) is 77.9 Å². The number of rotatable bonds is 8. The van der Waals surface area contributed by atoms with Crippen molar-refractivity contribution in [1.82, 2.24) is 8.61 Å². The van der Waals surface area contributed by atoms with E-state index in [9.17, 15) is 13.2 Å². The van der Waals surface area contributed by atoms with Crippen molar-refractivity contribution in [2.75, 3.05) is 13.6 Å². The molecular formula is C14H20N2O4S. The average Bonchev–Trinajstić information content (AvgIpc) is 3.27. The minimum Gasteiger partial charge on any atom is -0.481 e. The van der Waals surface area contributed by atoms with Crippen LogP contribution in [0.1, 0.15) is 24.8 Å². The molecule has 0 aliphatic heterocycles. The Morgan fingerprint density at radius 2 is 1.90 bits per heavy atom. The molecule has 1 aliphatic carbocycles. The number of nitrogens with zero attached hydrogens (tertiary/aromatic N) is 2. The van der Waals surface area contributed by atoms with Crippen molar-refractivity contribution in [3.63, 3.8) is 0 Å². The van der Waals surface area contributed by atoms with Crippen LogP contribution in [0.5, 0.6) is 0 Å². The van der Waals surface area contributed by atoms with Crippen molar-refractivity contribution < 1.29 is 18.3 Å². The normalized spacial score (nSPS) is 15.6. The Bertz CT molecular complexity index is 584. The molecule has 1 aromatic rings. The number of carboxylic acids is 1. The third-order valence-corrected chi connectivity index (χ3v) is 5.46. The first-order valence-corrected chi connectivity index (χ1v) is 8.30. The molecule has 2 rings (SSSR count). The zero-order valence-electron chi connectivity index (χ0n) is 12.0. The largest absolute Gasteiger partial charge is 0.481 e. The Labute approximate surface area is 125 Å². The number of hydrogen-bond donors (Lipinski definition) is 1. The highest BCUT2D eigenvalue weighted by Gasteiger charge is 2.39. The first kappa shape index (κ1) is 15.9. The molecule has 6 nitrogen and oxygen atoms in total. The minimum atomic E-state index is -3.63. The minimum absolute atomic E-state index is 0.0182. The quantitative estimate of drug-likeness (QED) is 0.785. The van der Waals surface area contributed by atoms with Crippen LogP contribution >= 0.6 is 0 Å². The summed E-state index contributed by atoms with van der Waals surface area (Å²) < 4.78 is 27.8. The molecule has 1 N–H and O–H groups in total. The summed E-state index contributed by atoms with van der Waals surface area (Å²) in [5.41, 5.74) is 0.930. The van der Waals surface area contributed by atoms with Crippen molar-refractivity contribution in [1.29, 1.82) is 0 Å². The van der Waals surface area contributed by atoms with Gasteiger partial charge < -0.3 is 5.11 Å². The summed E-state index contributed by atoms with van der Waals surface area (Å²) in [5, 5.41) is 8.69. The molecule has 7 heteroatoms. The highest BCUT2D eigenvalue weighted by Crippen LogP contribution is 2.31. The van der Waals surface area contributed by atoms with Crippen LogP contribution in [0.25, 0.3) is 0 Å². The second-order valence-corrected chi connectivity index (χ2v) is 7.22. The second-order valence-electron chi connectivity index (χ2n) is 5.24. The highest BCUT2D eigenvalue weighted by molar-refractivity contribution is 7.86. The summed E-state index contributed by atoms with van der Waals surface area (Å²) in [4.78, 5) is 10.6. The van der Waals surface area contributed by atoms with Gasteiger partial charge in [0.1, 0.15) is 0 Å². The van der Waals surface area contributed by atoms with Gasteiger partial charge in [0.2, 0.25) is 0 Å². The van der Waals surface area contributed by atoms with Crippen LogP contribution < -0.4 is 0 Å². The number of carboxylic acid groups (broad SMARTS) is 1. The number of benzene rings is 1. The van der Waals surface area contributed by atoms with E-state index in [1.54, 1.807) is 0 Å². The molecule has 0 aromatic heterocycles.